The van der Waals surface area contributed by atoms with E-state index in [0.717, 1.165) is 59.6 Å². The number of pyridine rings is 1. The SMILES string of the molecule is CCCCCCn1c(C)c(C(=O)Nc2c(C)cccc2C)c(=O)c(CC)c1CC. The summed E-state index contributed by atoms with van der Waals surface area (Å²) in [5.41, 5.74) is 5.60. The van der Waals surface area contributed by atoms with Crippen molar-refractivity contribution in [2.45, 2.75) is 86.6 Å². The predicted octanol–water partition coefficient (Wildman–Crippen LogP) is 5.73. The molecule has 29 heavy (non-hydrogen) atoms. The Bertz CT molecular complexity index is 905. The van der Waals surface area contributed by atoms with Crippen LogP contribution in [0.1, 0.15) is 84.9 Å². The monoisotopic (exact) mass is 396 g/mol. The van der Waals surface area contributed by atoms with Gasteiger partial charge in [0.25, 0.3) is 5.91 Å². The summed E-state index contributed by atoms with van der Waals surface area (Å²) in [5, 5.41) is 3.02. The van der Waals surface area contributed by atoms with Crippen LogP contribution in [-0.4, -0.2) is 10.5 Å². The zero-order valence-electron chi connectivity index (χ0n) is 18.9. The van der Waals surface area contributed by atoms with Crippen LogP contribution in [0.5, 0.6) is 0 Å². The first-order valence-electron chi connectivity index (χ1n) is 11.0. The second kappa shape index (κ2) is 10.4. The van der Waals surface area contributed by atoms with E-state index >= 15 is 0 Å². The molecule has 2 rings (SSSR count). The first kappa shape index (κ1) is 22.9. The van der Waals surface area contributed by atoms with Crippen LogP contribution in [0.15, 0.2) is 23.0 Å². The van der Waals surface area contributed by atoms with Crippen molar-refractivity contribution in [3.8, 4) is 0 Å². The third-order valence-corrected chi connectivity index (χ3v) is 5.81. The van der Waals surface area contributed by atoms with Gasteiger partial charge in [-0.05, 0) is 51.2 Å². The van der Waals surface area contributed by atoms with Crippen LogP contribution in [0.3, 0.4) is 0 Å². The average molecular weight is 397 g/mol. The van der Waals surface area contributed by atoms with Crippen molar-refractivity contribution >= 4 is 11.6 Å². The van der Waals surface area contributed by atoms with Crippen molar-refractivity contribution in [1.29, 1.82) is 0 Å². The van der Waals surface area contributed by atoms with E-state index in [1.54, 1.807) is 0 Å². The molecule has 0 fully saturated rings. The van der Waals surface area contributed by atoms with Crippen molar-refractivity contribution in [3.63, 3.8) is 0 Å². The van der Waals surface area contributed by atoms with Crippen LogP contribution in [0, 0.1) is 20.8 Å². The van der Waals surface area contributed by atoms with Gasteiger partial charge in [-0.15, -0.1) is 0 Å². The van der Waals surface area contributed by atoms with E-state index in [-0.39, 0.29) is 16.9 Å². The largest absolute Gasteiger partial charge is 0.348 e. The van der Waals surface area contributed by atoms with E-state index < -0.39 is 0 Å². The molecule has 1 aromatic heterocycles. The third-order valence-electron chi connectivity index (χ3n) is 5.81. The Morgan fingerprint density at radius 1 is 0.966 bits per heavy atom. The molecule has 1 heterocycles. The number of hydrogen-bond donors (Lipinski definition) is 1. The molecule has 1 aromatic carbocycles. The molecule has 0 bridgehead atoms. The van der Waals surface area contributed by atoms with Crippen LogP contribution in [0.4, 0.5) is 5.69 Å². The summed E-state index contributed by atoms with van der Waals surface area (Å²) in [6.45, 7) is 13.0. The maximum atomic E-state index is 13.3. The Balaban J connectivity index is 2.52. The number of unbranched alkanes of at least 4 members (excludes halogenated alkanes) is 3. The molecule has 0 aliphatic heterocycles. The number of nitrogens with one attached hydrogen (secondary N) is 1. The van der Waals surface area contributed by atoms with E-state index in [4.69, 9.17) is 0 Å². The molecular formula is C25H36N2O2. The number of carbonyl (C=O) groups is 1. The van der Waals surface area contributed by atoms with E-state index in [0.29, 0.717) is 6.42 Å². The van der Waals surface area contributed by atoms with Gasteiger partial charge >= 0.3 is 0 Å². The van der Waals surface area contributed by atoms with Gasteiger partial charge in [0.05, 0.1) is 0 Å². The summed E-state index contributed by atoms with van der Waals surface area (Å²) < 4.78 is 2.22. The zero-order valence-corrected chi connectivity index (χ0v) is 18.9. The fourth-order valence-corrected chi connectivity index (χ4v) is 4.17. The standard InChI is InChI=1S/C25H36N2O2/c1-7-10-11-12-16-27-19(6)22(24(28)20(8-2)21(27)9-3)25(29)26-23-17(4)14-13-15-18(23)5/h13-15H,7-12,16H2,1-6H3,(H,26,29). The fourth-order valence-electron chi connectivity index (χ4n) is 4.17. The van der Waals surface area contributed by atoms with Crippen molar-refractivity contribution in [3.05, 3.63) is 62.1 Å². The summed E-state index contributed by atoms with van der Waals surface area (Å²) in [4.78, 5) is 26.5. The number of benzene rings is 1. The van der Waals surface area contributed by atoms with Gasteiger partial charge in [-0.2, -0.15) is 0 Å². The van der Waals surface area contributed by atoms with Gasteiger partial charge in [0, 0.05) is 29.2 Å². The minimum absolute atomic E-state index is 0.115. The van der Waals surface area contributed by atoms with E-state index in [2.05, 4.69) is 23.7 Å². The average Bonchev–Trinajstić information content (AvgIpc) is 2.69. The van der Waals surface area contributed by atoms with Crippen LogP contribution in [0.2, 0.25) is 0 Å². The smallest absolute Gasteiger partial charge is 0.261 e. The highest BCUT2D eigenvalue weighted by Gasteiger charge is 2.23. The van der Waals surface area contributed by atoms with E-state index in [9.17, 15) is 9.59 Å². The topological polar surface area (TPSA) is 51.1 Å². The molecule has 4 nitrogen and oxygen atoms in total. The molecule has 0 unspecified atom stereocenters. The van der Waals surface area contributed by atoms with Crippen LogP contribution in [-0.2, 0) is 19.4 Å². The number of aryl methyl sites for hydroxylation is 2. The molecule has 0 radical (unpaired) electrons. The summed E-state index contributed by atoms with van der Waals surface area (Å²) in [6, 6.07) is 5.92. The quantitative estimate of drug-likeness (QED) is 0.550. The Morgan fingerprint density at radius 2 is 1.62 bits per heavy atom. The van der Waals surface area contributed by atoms with E-state index in [1.807, 2.05) is 45.9 Å². The number of hydrogen-bond acceptors (Lipinski definition) is 2. The minimum atomic E-state index is -0.301. The number of para-hydroxylation sites is 1. The predicted molar refractivity (Wildman–Crippen MR) is 122 cm³/mol. The number of aromatic nitrogens is 1. The maximum Gasteiger partial charge on any atom is 0.261 e. The molecule has 2 aromatic rings. The number of carbonyl (C=O) groups excluding carboxylic acids is 1. The summed E-state index contributed by atoms with van der Waals surface area (Å²) in [6.07, 6.45) is 6.06. The van der Waals surface area contributed by atoms with Crippen LogP contribution < -0.4 is 10.7 Å². The summed E-state index contributed by atoms with van der Waals surface area (Å²) >= 11 is 0. The molecule has 4 heteroatoms. The van der Waals surface area contributed by atoms with Crippen molar-refractivity contribution in [2.24, 2.45) is 0 Å². The van der Waals surface area contributed by atoms with Crippen LogP contribution in [0.25, 0.3) is 0 Å². The highest BCUT2D eigenvalue weighted by molar-refractivity contribution is 6.05. The van der Waals surface area contributed by atoms with Crippen LogP contribution >= 0.6 is 0 Å². The Hall–Kier alpha value is -2.36. The Labute approximate surface area is 175 Å². The van der Waals surface area contributed by atoms with Gasteiger partial charge in [-0.25, -0.2) is 0 Å². The summed E-state index contributed by atoms with van der Waals surface area (Å²) in [5.74, 6) is -0.301. The number of anilines is 1. The van der Waals surface area contributed by atoms with Gasteiger partial charge in [0.1, 0.15) is 5.56 Å². The van der Waals surface area contributed by atoms with Crippen molar-refractivity contribution in [2.75, 3.05) is 5.32 Å². The van der Waals surface area contributed by atoms with Gasteiger partial charge < -0.3 is 9.88 Å². The first-order chi connectivity index (χ1) is 13.9. The molecule has 0 aliphatic carbocycles. The minimum Gasteiger partial charge on any atom is -0.348 e. The van der Waals surface area contributed by atoms with Crippen molar-refractivity contribution in [1.82, 2.24) is 4.57 Å². The van der Waals surface area contributed by atoms with E-state index in [1.165, 1.54) is 12.8 Å². The lowest BCUT2D eigenvalue weighted by Gasteiger charge is -2.22. The fraction of sp³-hybridized carbons (Fsp3) is 0.520. The second-order valence-electron chi connectivity index (χ2n) is 7.86. The molecule has 0 saturated carbocycles. The maximum absolute atomic E-state index is 13.3. The number of rotatable bonds is 9. The van der Waals surface area contributed by atoms with Gasteiger partial charge in [-0.3, -0.25) is 9.59 Å². The lowest BCUT2D eigenvalue weighted by molar-refractivity contribution is 0.102. The molecule has 0 aliphatic rings. The number of amides is 1. The lowest BCUT2D eigenvalue weighted by Crippen LogP contribution is -2.31. The van der Waals surface area contributed by atoms with Gasteiger partial charge in [0.15, 0.2) is 5.43 Å². The molecule has 0 atom stereocenters. The van der Waals surface area contributed by atoms with Gasteiger partial charge in [0.2, 0.25) is 0 Å². The molecular weight excluding hydrogens is 360 g/mol. The number of nitrogens with zero attached hydrogens (tertiary/aromatic N) is 1. The Kier molecular flexibility index (Phi) is 8.24. The molecule has 158 valence electrons. The molecule has 1 N–H and O–H groups in total. The first-order valence-corrected chi connectivity index (χ1v) is 11.0. The zero-order chi connectivity index (χ0) is 21.6. The normalized spacial score (nSPS) is 11.0. The second-order valence-corrected chi connectivity index (χ2v) is 7.86. The molecule has 1 amide bonds. The Morgan fingerprint density at radius 3 is 2.17 bits per heavy atom. The highest BCUT2D eigenvalue weighted by Crippen LogP contribution is 2.22. The van der Waals surface area contributed by atoms with Gasteiger partial charge in [-0.1, -0.05) is 58.2 Å². The molecule has 0 spiro atoms. The summed E-state index contributed by atoms with van der Waals surface area (Å²) in [7, 11) is 0. The highest BCUT2D eigenvalue weighted by atomic mass is 16.2. The molecule has 0 saturated heterocycles. The third kappa shape index (κ3) is 4.98. The lowest BCUT2D eigenvalue weighted by atomic mass is 10.0. The van der Waals surface area contributed by atoms with Crippen molar-refractivity contribution < 1.29 is 4.79 Å².